The van der Waals surface area contributed by atoms with Gasteiger partial charge in [0.15, 0.2) is 5.82 Å². The van der Waals surface area contributed by atoms with Crippen molar-refractivity contribution in [2.75, 3.05) is 6.61 Å². The molecule has 0 bridgehead atoms. The predicted octanol–water partition coefficient (Wildman–Crippen LogP) is 8.09. The van der Waals surface area contributed by atoms with E-state index in [1.54, 1.807) is 12.3 Å². The number of para-hydroxylation sites is 2. The van der Waals surface area contributed by atoms with Crippen molar-refractivity contribution in [1.29, 1.82) is 0 Å². The maximum atomic E-state index is 14.0. The van der Waals surface area contributed by atoms with Crippen LogP contribution in [-0.4, -0.2) is 27.0 Å². The van der Waals surface area contributed by atoms with Gasteiger partial charge in [-0.15, -0.1) is 0 Å². The molecule has 0 aliphatic heterocycles. The minimum atomic E-state index is -0.209. The minimum Gasteiger partial charge on any atom is -0.494 e. The van der Waals surface area contributed by atoms with E-state index in [0.717, 1.165) is 45.5 Å². The minimum absolute atomic E-state index is 0.209. The van der Waals surface area contributed by atoms with Gasteiger partial charge in [0.25, 0.3) is 5.56 Å². The summed E-state index contributed by atoms with van der Waals surface area (Å²) in [6.07, 6.45) is 3.88. The highest BCUT2D eigenvalue weighted by Crippen LogP contribution is 2.34. The summed E-state index contributed by atoms with van der Waals surface area (Å²) in [5.41, 5.74) is 7.82. The van der Waals surface area contributed by atoms with Gasteiger partial charge in [0.05, 0.1) is 23.7 Å². The maximum Gasteiger partial charge on any atom is 0.282 e. The Morgan fingerprint density at radius 1 is 0.930 bits per heavy atom. The Labute approximate surface area is 251 Å². The Bertz CT molecular complexity index is 2030. The van der Waals surface area contributed by atoms with E-state index in [9.17, 15) is 4.79 Å². The molecule has 6 rings (SSSR count). The van der Waals surface area contributed by atoms with Gasteiger partial charge in [-0.1, -0.05) is 74.0 Å². The number of aromatic nitrogens is 3. The molecule has 2 aromatic heterocycles. The first-order chi connectivity index (χ1) is 20.8. The van der Waals surface area contributed by atoms with Gasteiger partial charge < -0.3 is 9.30 Å². The first-order valence-electron chi connectivity index (χ1n) is 14.8. The topological polar surface area (TPSA) is 61.4 Å². The van der Waals surface area contributed by atoms with Crippen molar-refractivity contribution in [3.63, 3.8) is 0 Å². The van der Waals surface area contributed by atoms with Crippen LogP contribution >= 0.6 is 0 Å². The van der Waals surface area contributed by atoms with Crippen LogP contribution in [0.25, 0.3) is 33.2 Å². The second-order valence-electron chi connectivity index (χ2n) is 11.3. The van der Waals surface area contributed by atoms with E-state index in [0.29, 0.717) is 23.3 Å². The smallest absolute Gasteiger partial charge is 0.282 e. The Kier molecular flexibility index (Phi) is 7.68. The lowest BCUT2D eigenvalue weighted by Gasteiger charge is -2.18. The molecule has 0 saturated carbocycles. The maximum absolute atomic E-state index is 14.0. The standard InChI is InChI=1S/C37H36N4O2/c1-6-43-35-19-26(5)32(20-31(35)24(2)3)36-39-33-13-9-7-12-30(33)37(42)41(36)38-21-28-23-40(34-14-10-8-11-29(28)34)22-27-17-15-25(4)16-18-27/h7-21,23-24H,6,22H2,1-5H3. The molecule has 0 saturated heterocycles. The third-order valence-corrected chi connectivity index (χ3v) is 7.88. The number of ether oxygens (including phenoxy) is 1. The van der Waals surface area contributed by atoms with E-state index in [1.807, 2.05) is 50.2 Å². The van der Waals surface area contributed by atoms with Crippen molar-refractivity contribution in [3.8, 4) is 17.1 Å². The lowest BCUT2D eigenvalue weighted by atomic mass is 9.96. The van der Waals surface area contributed by atoms with Crippen LogP contribution in [0, 0.1) is 13.8 Å². The van der Waals surface area contributed by atoms with E-state index in [4.69, 9.17) is 14.8 Å². The van der Waals surface area contributed by atoms with Gasteiger partial charge in [0.1, 0.15) is 5.75 Å². The van der Waals surface area contributed by atoms with Gasteiger partial charge in [-0.3, -0.25) is 4.79 Å². The zero-order chi connectivity index (χ0) is 30.1. The molecule has 43 heavy (non-hydrogen) atoms. The molecular formula is C37H36N4O2. The summed E-state index contributed by atoms with van der Waals surface area (Å²) in [5, 5.41) is 6.43. The van der Waals surface area contributed by atoms with Gasteiger partial charge in [0.2, 0.25) is 0 Å². The van der Waals surface area contributed by atoms with E-state index in [1.165, 1.54) is 15.8 Å². The van der Waals surface area contributed by atoms with Crippen LogP contribution in [0.4, 0.5) is 0 Å². The van der Waals surface area contributed by atoms with E-state index >= 15 is 0 Å². The molecule has 216 valence electrons. The first kappa shape index (κ1) is 28.2. The van der Waals surface area contributed by atoms with Gasteiger partial charge in [0, 0.05) is 34.8 Å². The van der Waals surface area contributed by atoms with Crippen LogP contribution in [-0.2, 0) is 6.54 Å². The third kappa shape index (κ3) is 5.48. The molecule has 0 radical (unpaired) electrons. The zero-order valence-electron chi connectivity index (χ0n) is 25.3. The van der Waals surface area contributed by atoms with Gasteiger partial charge in [-0.05, 0) is 73.7 Å². The average molecular weight is 569 g/mol. The number of rotatable bonds is 8. The fourth-order valence-electron chi connectivity index (χ4n) is 5.59. The van der Waals surface area contributed by atoms with Crippen molar-refractivity contribution in [1.82, 2.24) is 14.2 Å². The zero-order valence-corrected chi connectivity index (χ0v) is 25.3. The monoisotopic (exact) mass is 568 g/mol. The van der Waals surface area contributed by atoms with Crippen LogP contribution in [0.5, 0.6) is 5.75 Å². The Balaban J connectivity index is 1.51. The highest BCUT2D eigenvalue weighted by atomic mass is 16.5. The number of aryl methyl sites for hydroxylation is 2. The Morgan fingerprint density at radius 3 is 2.40 bits per heavy atom. The van der Waals surface area contributed by atoms with E-state index < -0.39 is 0 Å². The van der Waals surface area contributed by atoms with Crippen LogP contribution < -0.4 is 10.3 Å². The third-order valence-electron chi connectivity index (χ3n) is 7.88. The summed E-state index contributed by atoms with van der Waals surface area (Å²) in [6, 6.07) is 28.5. The average Bonchev–Trinajstić information content (AvgIpc) is 3.35. The fourth-order valence-corrected chi connectivity index (χ4v) is 5.59. The number of hydrogen-bond acceptors (Lipinski definition) is 4. The quantitative estimate of drug-likeness (QED) is 0.174. The lowest BCUT2D eigenvalue weighted by Crippen LogP contribution is -2.20. The fraction of sp³-hybridized carbons (Fsp3) is 0.216. The van der Waals surface area contributed by atoms with E-state index in [-0.39, 0.29) is 11.5 Å². The molecule has 0 N–H and O–H groups in total. The predicted molar refractivity (Wildman–Crippen MR) is 177 cm³/mol. The van der Waals surface area contributed by atoms with Crippen LogP contribution in [0.15, 0.2) is 101 Å². The van der Waals surface area contributed by atoms with Gasteiger partial charge in [-0.25, -0.2) is 4.98 Å². The van der Waals surface area contributed by atoms with Crippen LogP contribution in [0.1, 0.15) is 54.5 Å². The molecule has 0 fully saturated rings. The number of nitrogens with zero attached hydrogens (tertiary/aromatic N) is 4. The number of fused-ring (bicyclic) bond motifs is 2. The molecule has 2 heterocycles. The largest absolute Gasteiger partial charge is 0.494 e. The molecule has 6 nitrogen and oxygen atoms in total. The second kappa shape index (κ2) is 11.7. The normalized spacial score (nSPS) is 11.8. The van der Waals surface area contributed by atoms with Crippen molar-refractivity contribution in [2.45, 2.75) is 47.1 Å². The summed E-state index contributed by atoms with van der Waals surface area (Å²) in [5.74, 6) is 1.59. The van der Waals surface area contributed by atoms with E-state index in [2.05, 4.69) is 74.0 Å². The molecule has 4 aromatic carbocycles. The number of hydrogen-bond donors (Lipinski definition) is 0. The second-order valence-corrected chi connectivity index (χ2v) is 11.3. The highest BCUT2D eigenvalue weighted by molar-refractivity contribution is 5.99. The Morgan fingerprint density at radius 2 is 1.65 bits per heavy atom. The summed E-state index contributed by atoms with van der Waals surface area (Å²) in [4.78, 5) is 18.9. The summed E-state index contributed by atoms with van der Waals surface area (Å²) >= 11 is 0. The molecule has 0 aliphatic rings. The van der Waals surface area contributed by atoms with Crippen molar-refractivity contribution < 1.29 is 4.74 Å². The van der Waals surface area contributed by atoms with Gasteiger partial charge in [-0.2, -0.15) is 9.78 Å². The van der Waals surface area contributed by atoms with Crippen LogP contribution in [0.2, 0.25) is 0 Å². The lowest BCUT2D eigenvalue weighted by molar-refractivity contribution is 0.335. The molecule has 0 amide bonds. The molecule has 0 unspecified atom stereocenters. The molecule has 0 aliphatic carbocycles. The molecular weight excluding hydrogens is 532 g/mol. The number of benzene rings is 4. The Hall–Kier alpha value is -4.97. The van der Waals surface area contributed by atoms with Crippen LogP contribution in [0.3, 0.4) is 0 Å². The molecule has 6 aromatic rings. The van der Waals surface area contributed by atoms with Crippen molar-refractivity contribution in [3.05, 3.63) is 129 Å². The van der Waals surface area contributed by atoms with Crippen molar-refractivity contribution in [2.24, 2.45) is 5.10 Å². The highest BCUT2D eigenvalue weighted by Gasteiger charge is 2.19. The van der Waals surface area contributed by atoms with Gasteiger partial charge >= 0.3 is 0 Å². The SMILES string of the molecule is CCOc1cc(C)c(-c2nc3ccccc3c(=O)n2N=Cc2cn(Cc3ccc(C)cc3)c3ccccc23)cc1C(C)C. The first-order valence-corrected chi connectivity index (χ1v) is 14.8. The summed E-state index contributed by atoms with van der Waals surface area (Å²) in [7, 11) is 0. The van der Waals surface area contributed by atoms with Crippen molar-refractivity contribution >= 4 is 28.0 Å². The summed E-state index contributed by atoms with van der Waals surface area (Å²) < 4.78 is 9.65. The summed E-state index contributed by atoms with van der Waals surface area (Å²) in [6.45, 7) is 11.7. The molecule has 6 heteroatoms. The molecule has 0 spiro atoms. The molecule has 0 atom stereocenters.